The summed E-state index contributed by atoms with van der Waals surface area (Å²) < 4.78 is 10.2. The van der Waals surface area contributed by atoms with E-state index >= 15 is 0 Å². The van der Waals surface area contributed by atoms with Crippen LogP contribution in [0.1, 0.15) is 0 Å². The fourth-order valence-corrected chi connectivity index (χ4v) is 1.28. The Morgan fingerprint density at radius 2 is 1.56 bits per heavy atom. The minimum absolute atomic E-state index is 0.481. The molecule has 0 aliphatic heterocycles. The van der Waals surface area contributed by atoms with Crippen molar-refractivity contribution in [2.45, 2.75) is 0 Å². The van der Waals surface area contributed by atoms with Gasteiger partial charge >= 0.3 is 0 Å². The molecule has 0 bridgehead atoms. The molecule has 1 heterocycles. The summed E-state index contributed by atoms with van der Waals surface area (Å²) in [6, 6.07) is 12.0. The summed E-state index contributed by atoms with van der Waals surface area (Å²) in [5.74, 6) is 1.54. The molecule has 0 amide bonds. The lowest BCUT2D eigenvalue weighted by Crippen LogP contribution is -1.96. The number of nitrogens with zero attached hydrogens (tertiary/aromatic N) is 2. The average molecular weight is 215 g/mol. The van der Waals surface area contributed by atoms with Gasteiger partial charge in [0, 0.05) is 5.56 Å². The fraction of sp³-hybridized carbons (Fsp3) is 0.167. The van der Waals surface area contributed by atoms with Gasteiger partial charge in [0.25, 0.3) is 0 Å². The van der Waals surface area contributed by atoms with Crippen LogP contribution in [0.5, 0.6) is 11.8 Å². The van der Waals surface area contributed by atoms with E-state index in [1.54, 1.807) is 20.3 Å². The monoisotopic (exact) mass is 215 g/mol. The quantitative estimate of drug-likeness (QED) is 0.785. The second kappa shape index (κ2) is 4.61. The average Bonchev–Trinajstić information content (AvgIpc) is 2.39. The van der Waals surface area contributed by atoms with Gasteiger partial charge in [-0.15, -0.1) is 0 Å². The van der Waals surface area contributed by atoms with Crippen LogP contribution in [-0.4, -0.2) is 24.2 Å². The molecule has 4 nitrogen and oxygen atoms in total. The first-order chi connectivity index (χ1) is 7.83. The summed E-state index contributed by atoms with van der Waals surface area (Å²) in [6.07, 6.45) is 0. The van der Waals surface area contributed by atoms with Crippen molar-refractivity contribution in [1.82, 2.24) is 9.97 Å². The van der Waals surface area contributed by atoms with E-state index in [0.29, 0.717) is 17.6 Å². The molecular weight excluding hydrogens is 204 g/mol. The Bertz CT molecular complexity index is 449. The van der Waals surface area contributed by atoms with Crippen LogP contribution in [0.2, 0.25) is 0 Å². The maximum atomic E-state index is 5.08. The molecule has 0 fully saturated rings. The van der Waals surface area contributed by atoms with Crippen molar-refractivity contribution in [3.8, 4) is 23.1 Å². The Morgan fingerprint density at radius 1 is 1.00 bits per heavy atom. The molecule has 0 saturated heterocycles. The Kier molecular flexibility index (Phi) is 3.00. The molecule has 2 rings (SSSR count). The molecule has 0 spiro atoms. The summed E-state index contributed by atoms with van der Waals surface area (Å²) in [5, 5.41) is 0. The molecule has 2 aromatic rings. The maximum Gasteiger partial charge on any atom is 0.220 e. The van der Waals surface area contributed by atoms with Crippen LogP contribution >= 0.6 is 0 Å². The molecule has 16 heavy (non-hydrogen) atoms. The first-order valence-corrected chi connectivity index (χ1v) is 4.77. The highest BCUT2D eigenvalue weighted by molar-refractivity contribution is 5.55. The fourth-order valence-electron chi connectivity index (χ4n) is 1.28. The molecule has 1 radical (unpaired) electrons. The first kappa shape index (κ1) is 10.4. The molecule has 0 aliphatic rings. The Morgan fingerprint density at radius 3 is 2.06 bits per heavy atom. The topological polar surface area (TPSA) is 44.2 Å². The molecule has 1 aromatic heterocycles. The first-order valence-electron chi connectivity index (χ1n) is 4.77. The highest BCUT2D eigenvalue weighted by Gasteiger charge is 2.06. The molecule has 0 saturated carbocycles. The Balaban J connectivity index is 2.48. The summed E-state index contributed by atoms with van der Waals surface area (Å²) in [6.45, 7) is 0. The summed E-state index contributed by atoms with van der Waals surface area (Å²) >= 11 is 0. The highest BCUT2D eigenvalue weighted by atomic mass is 16.5. The van der Waals surface area contributed by atoms with Crippen LogP contribution in [0.15, 0.2) is 30.3 Å². The molecule has 0 atom stereocenters. The van der Waals surface area contributed by atoms with E-state index in [-0.39, 0.29) is 0 Å². The lowest BCUT2D eigenvalue weighted by atomic mass is 10.2. The van der Waals surface area contributed by atoms with Gasteiger partial charge in [-0.25, -0.2) is 0 Å². The normalized spacial score (nSPS) is 9.88. The van der Waals surface area contributed by atoms with E-state index in [0.717, 1.165) is 5.56 Å². The summed E-state index contributed by atoms with van der Waals surface area (Å²) in [4.78, 5) is 8.49. The number of ether oxygens (including phenoxy) is 2. The predicted molar refractivity (Wildman–Crippen MR) is 59.4 cm³/mol. The lowest BCUT2D eigenvalue weighted by Gasteiger charge is -2.05. The van der Waals surface area contributed by atoms with E-state index < -0.39 is 0 Å². The van der Waals surface area contributed by atoms with E-state index in [4.69, 9.17) is 9.47 Å². The third-order valence-corrected chi connectivity index (χ3v) is 2.07. The molecule has 0 N–H and O–H groups in total. The predicted octanol–water partition coefficient (Wildman–Crippen LogP) is 1.96. The van der Waals surface area contributed by atoms with Crippen LogP contribution < -0.4 is 9.47 Å². The number of rotatable bonds is 3. The van der Waals surface area contributed by atoms with E-state index in [2.05, 4.69) is 16.0 Å². The Hall–Kier alpha value is -2.10. The van der Waals surface area contributed by atoms with Gasteiger partial charge in [-0.2, -0.15) is 9.97 Å². The van der Waals surface area contributed by atoms with Gasteiger partial charge in [-0.1, -0.05) is 24.3 Å². The number of aromatic nitrogens is 2. The van der Waals surface area contributed by atoms with Crippen molar-refractivity contribution in [3.63, 3.8) is 0 Å². The van der Waals surface area contributed by atoms with Gasteiger partial charge in [-0.3, -0.25) is 0 Å². The van der Waals surface area contributed by atoms with Gasteiger partial charge in [0.15, 0.2) is 5.82 Å². The second-order valence-electron chi connectivity index (χ2n) is 3.06. The molecule has 1 aromatic carbocycles. The number of hydrogen-bond acceptors (Lipinski definition) is 4. The van der Waals surface area contributed by atoms with Crippen LogP contribution in [0.25, 0.3) is 11.4 Å². The standard InChI is InChI=1S/C12H11N2O2/c1-15-10-8-11(16-2)14-12(13-10)9-6-4-3-5-7-9/h4-8H,1-2H3. The van der Waals surface area contributed by atoms with Crippen LogP contribution in [0, 0.1) is 6.07 Å². The zero-order valence-corrected chi connectivity index (χ0v) is 9.10. The minimum atomic E-state index is 0.481. The van der Waals surface area contributed by atoms with E-state index in [1.165, 1.54) is 0 Å². The van der Waals surface area contributed by atoms with Crippen molar-refractivity contribution in [2.75, 3.05) is 14.2 Å². The van der Waals surface area contributed by atoms with Crippen molar-refractivity contribution in [2.24, 2.45) is 0 Å². The summed E-state index contributed by atoms with van der Waals surface area (Å²) in [5.41, 5.74) is 0.899. The number of methoxy groups -OCH3 is 2. The number of hydrogen-bond donors (Lipinski definition) is 0. The van der Waals surface area contributed by atoms with Gasteiger partial charge in [-0.05, 0) is 6.07 Å². The largest absolute Gasteiger partial charge is 0.481 e. The molecule has 81 valence electrons. The van der Waals surface area contributed by atoms with Crippen molar-refractivity contribution < 1.29 is 9.47 Å². The van der Waals surface area contributed by atoms with Crippen LogP contribution in [0.4, 0.5) is 0 Å². The van der Waals surface area contributed by atoms with Crippen molar-refractivity contribution in [3.05, 3.63) is 36.4 Å². The molecule has 0 unspecified atom stereocenters. The summed E-state index contributed by atoms with van der Waals surface area (Å²) in [7, 11) is 3.12. The van der Waals surface area contributed by atoms with Gasteiger partial charge in [0.05, 0.1) is 20.3 Å². The van der Waals surface area contributed by atoms with Gasteiger partial charge < -0.3 is 9.47 Å². The van der Waals surface area contributed by atoms with E-state index in [1.807, 2.05) is 24.3 Å². The number of benzene rings is 1. The minimum Gasteiger partial charge on any atom is -0.481 e. The molecule has 4 heteroatoms. The van der Waals surface area contributed by atoms with Gasteiger partial charge in [0.1, 0.15) is 0 Å². The SMILES string of the molecule is COc1cc(OC)nc(-c2cc[c]cc2)n1. The molecular formula is C12H11N2O2. The van der Waals surface area contributed by atoms with Gasteiger partial charge in [0.2, 0.25) is 11.8 Å². The third kappa shape index (κ3) is 2.11. The lowest BCUT2D eigenvalue weighted by molar-refractivity contribution is 0.372. The molecule has 0 aliphatic carbocycles. The zero-order chi connectivity index (χ0) is 11.4. The maximum absolute atomic E-state index is 5.08. The van der Waals surface area contributed by atoms with Crippen LogP contribution in [-0.2, 0) is 0 Å². The third-order valence-electron chi connectivity index (χ3n) is 2.07. The van der Waals surface area contributed by atoms with E-state index in [9.17, 15) is 0 Å². The highest BCUT2D eigenvalue weighted by Crippen LogP contribution is 2.21. The Labute approximate surface area is 93.9 Å². The van der Waals surface area contributed by atoms with Crippen LogP contribution in [0.3, 0.4) is 0 Å². The smallest absolute Gasteiger partial charge is 0.220 e. The van der Waals surface area contributed by atoms with Crippen molar-refractivity contribution in [1.29, 1.82) is 0 Å². The second-order valence-corrected chi connectivity index (χ2v) is 3.06. The van der Waals surface area contributed by atoms with Crippen molar-refractivity contribution >= 4 is 0 Å². The zero-order valence-electron chi connectivity index (χ0n) is 9.10.